The van der Waals surface area contributed by atoms with E-state index in [2.05, 4.69) is 4.74 Å². The lowest BCUT2D eigenvalue weighted by Gasteiger charge is -1.95. The van der Waals surface area contributed by atoms with Gasteiger partial charge in [-0.15, -0.1) is 0 Å². The molecule has 0 aliphatic carbocycles. The largest absolute Gasteiger partial charge is 0.462 e. The molecule has 5 heteroatoms. The first-order valence-corrected chi connectivity index (χ1v) is 4.27. The zero-order valence-electron chi connectivity index (χ0n) is 8.23. The number of hydrogen-bond acceptors (Lipinski definition) is 4. The number of furan rings is 1. The van der Waals surface area contributed by atoms with Gasteiger partial charge < -0.3 is 14.9 Å². The number of nitrogens with two attached hydrogens (primary N) is 1. The molecule has 15 heavy (non-hydrogen) atoms. The van der Waals surface area contributed by atoms with E-state index in [0.717, 1.165) is 5.76 Å². The molecule has 0 atom stereocenters. The van der Waals surface area contributed by atoms with E-state index in [1.54, 1.807) is 19.1 Å². The molecule has 1 aromatic rings. The molecular weight excluding hydrogens is 198 g/mol. The molecule has 1 amide bonds. The molecular formula is C10H11NO4. The quantitative estimate of drug-likeness (QED) is 0.582. The van der Waals surface area contributed by atoms with Crippen LogP contribution in [0, 0.1) is 6.92 Å². The number of aryl methyl sites for hydroxylation is 1. The Morgan fingerprint density at radius 1 is 1.53 bits per heavy atom. The van der Waals surface area contributed by atoms with Gasteiger partial charge in [-0.1, -0.05) is 0 Å². The Balaban J connectivity index is 2.44. The first-order valence-electron chi connectivity index (χ1n) is 4.27. The van der Waals surface area contributed by atoms with Gasteiger partial charge in [0, 0.05) is 6.08 Å². The van der Waals surface area contributed by atoms with Crippen molar-refractivity contribution in [3.8, 4) is 0 Å². The molecule has 5 nitrogen and oxygen atoms in total. The van der Waals surface area contributed by atoms with Crippen molar-refractivity contribution in [1.29, 1.82) is 0 Å². The molecule has 1 rings (SSSR count). The summed E-state index contributed by atoms with van der Waals surface area (Å²) in [6.45, 7) is 1.38. The molecule has 0 spiro atoms. The summed E-state index contributed by atoms with van der Waals surface area (Å²) in [6, 6.07) is 3.49. The second-order valence-corrected chi connectivity index (χ2v) is 2.86. The highest BCUT2D eigenvalue weighted by Crippen LogP contribution is 2.07. The Hall–Kier alpha value is -2.04. The zero-order chi connectivity index (χ0) is 11.3. The highest BCUT2D eigenvalue weighted by atomic mass is 16.5. The summed E-state index contributed by atoms with van der Waals surface area (Å²) in [5.41, 5.74) is 4.79. The van der Waals surface area contributed by atoms with Gasteiger partial charge in [-0.2, -0.15) is 0 Å². The second-order valence-electron chi connectivity index (χ2n) is 2.86. The summed E-state index contributed by atoms with van der Waals surface area (Å²) in [6.07, 6.45) is 2.62. The fourth-order valence-electron chi connectivity index (χ4n) is 0.884. The Morgan fingerprint density at radius 3 is 2.80 bits per heavy atom. The van der Waals surface area contributed by atoms with Crippen LogP contribution in [0.1, 0.15) is 11.5 Å². The highest BCUT2D eigenvalue weighted by molar-refractivity contribution is 5.88. The Bertz CT molecular complexity index is 392. The Morgan fingerprint density at radius 2 is 2.27 bits per heavy atom. The molecule has 2 N–H and O–H groups in total. The fourth-order valence-corrected chi connectivity index (χ4v) is 0.884. The van der Waals surface area contributed by atoms with Crippen LogP contribution >= 0.6 is 0 Å². The van der Waals surface area contributed by atoms with Crippen molar-refractivity contribution in [3.63, 3.8) is 0 Å². The van der Waals surface area contributed by atoms with Gasteiger partial charge >= 0.3 is 5.97 Å². The molecule has 0 saturated heterocycles. The molecule has 0 unspecified atom stereocenters. The van der Waals surface area contributed by atoms with E-state index in [1.807, 2.05) is 0 Å². The van der Waals surface area contributed by atoms with Crippen LogP contribution < -0.4 is 5.73 Å². The smallest absolute Gasteiger partial charge is 0.331 e. The maximum atomic E-state index is 11.0. The fraction of sp³-hybridized carbons (Fsp3) is 0.200. The summed E-state index contributed by atoms with van der Waals surface area (Å²) in [5, 5.41) is 0. The first kappa shape index (κ1) is 11.0. The van der Waals surface area contributed by atoms with Gasteiger partial charge in [0.05, 0.1) is 0 Å². The van der Waals surface area contributed by atoms with Crippen molar-refractivity contribution in [1.82, 2.24) is 0 Å². The molecule has 1 heterocycles. The molecule has 0 fully saturated rings. The van der Waals surface area contributed by atoms with Crippen LogP contribution in [-0.2, 0) is 14.3 Å². The molecule has 0 aromatic carbocycles. The van der Waals surface area contributed by atoms with E-state index in [9.17, 15) is 9.59 Å². The molecule has 1 aromatic heterocycles. The third-order valence-electron chi connectivity index (χ3n) is 1.50. The number of primary amides is 1. The molecule has 0 radical (unpaired) electrons. The summed E-state index contributed by atoms with van der Waals surface area (Å²) in [5.74, 6) is -0.0304. The SMILES string of the molecule is Cc1ccc(/C=C/C(=O)OCC(N)=O)o1. The lowest BCUT2D eigenvalue weighted by molar-refractivity contribution is -0.142. The molecule has 0 saturated carbocycles. The summed E-state index contributed by atoms with van der Waals surface area (Å²) < 4.78 is 9.66. The summed E-state index contributed by atoms with van der Waals surface area (Å²) in [7, 11) is 0. The van der Waals surface area contributed by atoms with E-state index in [4.69, 9.17) is 10.2 Å². The Labute approximate surface area is 86.5 Å². The average Bonchev–Trinajstić information content (AvgIpc) is 2.58. The van der Waals surface area contributed by atoms with E-state index in [1.165, 1.54) is 12.2 Å². The minimum Gasteiger partial charge on any atom is -0.462 e. The minimum absolute atomic E-state index is 0.416. The number of ether oxygens (including phenoxy) is 1. The molecule has 80 valence electrons. The van der Waals surface area contributed by atoms with Gasteiger partial charge in [0.25, 0.3) is 5.91 Å². The highest BCUT2D eigenvalue weighted by Gasteiger charge is 2.00. The van der Waals surface area contributed by atoms with Gasteiger partial charge in [-0.3, -0.25) is 4.79 Å². The molecule has 0 aliphatic heterocycles. The van der Waals surface area contributed by atoms with Crippen LogP contribution in [0.2, 0.25) is 0 Å². The lowest BCUT2D eigenvalue weighted by Crippen LogP contribution is -2.19. The average molecular weight is 209 g/mol. The van der Waals surface area contributed by atoms with Crippen LogP contribution in [0.4, 0.5) is 0 Å². The number of amides is 1. The van der Waals surface area contributed by atoms with Crippen molar-refractivity contribution in [3.05, 3.63) is 29.7 Å². The lowest BCUT2D eigenvalue weighted by atomic mass is 10.4. The van der Waals surface area contributed by atoms with Crippen molar-refractivity contribution in [2.24, 2.45) is 5.73 Å². The summed E-state index contributed by atoms with van der Waals surface area (Å²) in [4.78, 5) is 21.3. The maximum absolute atomic E-state index is 11.0. The van der Waals surface area contributed by atoms with Crippen LogP contribution in [0.3, 0.4) is 0 Å². The van der Waals surface area contributed by atoms with Crippen LogP contribution in [-0.4, -0.2) is 18.5 Å². The Kier molecular flexibility index (Phi) is 3.68. The number of rotatable bonds is 4. The molecule has 0 aliphatic rings. The summed E-state index contributed by atoms with van der Waals surface area (Å²) >= 11 is 0. The monoisotopic (exact) mass is 209 g/mol. The second kappa shape index (κ2) is 4.99. The topological polar surface area (TPSA) is 82.5 Å². The van der Waals surface area contributed by atoms with Gasteiger partial charge in [0.2, 0.25) is 0 Å². The van der Waals surface area contributed by atoms with Crippen molar-refractivity contribution in [2.75, 3.05) is 6.61 Å². The van der Waals surface area contributed by atoms with Crippen molar-refractivity contribution < 1.29 is 18.7 Å². The number of carbonyl (C=O) groups is 2. The van der Waals surface area contributed by atoms with Crippen molar-refractivity contribution >= 4 is 18.0 Å². The van der Waals surface area contributed by atoms with Crippen LogP contribution in [0.25, 0.3) is 6.08 Å². The van der Waals surface area contributed by atoms with E-state index >= 15 is 0 Å². The van der Waals surface area contributed by atoms with Crippen LogP contribution in [0.5, 0.6) is 0 Å². The van der Waals surface area contributed by atoms with E-state index in [-0.39, 0.29) is 0 Å². The van der Waals surface area contributed by atoms with Gasteiger partial charge in [-0.25, -0.2) is 4.79 Å². The number of esters is 1. The predicted molar refractivity (Wildman–Crippen MR) is 52.6 cm³/mol. The number of hydrogen-bond donors (Lipinski definition) is 1. The molecule has 0 bridgehead atoms. The van der Waals surface area contributed by atoms with Gasteiger partial charge in [0.15, 0.2) is 6.61 Å². The third-order valence-corrected chi connectivity index (χ3v) is 1.50. The third kappa shape index (κ3) is 4.12. The van der Waals surface area contributed by atoms with E-state index < -0.39 is 18.5 Å². The minimum atomic E-state index is -0.689. The standard InChI is InChI=1S/C10H11NO4/c1-7-2-3-8(15-7)4-5-10(13)14-6-9(11)12/h2-5H,6H2,1H3,(H2,11,12)/b5-4+. The van der Waals surface area contributed by atoms with Gasteiger partial charge in [-0.05, 0) is 25.1 Å². The maximum Gasteiger partial charge on any atom is 0.331 e. The van der Waals surface area contributed by atoms with Crippen LogP contribution in [0.15, 0.2) is 22.6 Å². The first-order chi connectivity index (χ1) is 7.08. The van der Waals surface area contributed by atoms with E-state index in [0.29, 0.717) is 5.76 Å². The zero-order valence-corrected chi connectivity index (χ0v) is 8.23. The number of carbonyl (C=O) groups excluding carboxylic acids is 2. The van der Waals surface area contributed by atoms with Gasteiger partial charge in [0.1, 0.15) is 11.5 Å². The normalized spacial score (nSPS) is 10.5. The van der Waals surface area contributed by atoms with Crippen molar-refractivity contribution in [2.45, 2.75) is 6.92 Å². The predicted octanol–water partition coefficient (Wildman–Crippen LogP) is 0.630.